The lowest BCUT2D eigenvalue weighted by Crippen LogP contribution is -2.23. The van der Waals surface area contributed by atoms with Crippen LogP contribution in [0, 0.1) is 13.8 Å². The fraction of sp³-hybridized carbons (Fsp3) is 0.269. The van der Waals surface area contributed by atoms with Crippen LogP contribution < -0.4 is 14.8 Å². The first-order valence-corrected chi connectivity index (χ1v) is 10.9. The molecule has 2 heterocycles. The van der Waals surface area contributed by atoms with E-state index < -0.39 is 0 Å². The number of nitrogens with zero attached hydrogens (tertiary/aromatic N) is 3. The Balaban J connectivity index is 1.54. The number of nitrogens with one attached hydrogen (secondary N) is 1. The molecule has 0 aliphatic heterocycles. The average molecular weight is 445 g/mol. The van der Waals surface area contributed by atoms with Gasteiger partial charge >= 0.3 is 0 Å². The number of carbonyl (C=O) groups is 1. The molecule has 0 radical (unpaired) electrons. The number of hydrogen-bond donors (Lipinski definition) is 1. The van der Waals surface area contributed by atoms with Crippen molar-refractivity contribution in [3.63, 3.8) is 0 Å². The molecule has 0 fully saturated rings. The van der Waals surface area contributed by atoms with E-state index in [0.717, 1.165) is 45.2 Å². The zero-order valence-electron chi connectivity index (χ0n) is 19.4. The number of aryl methyl sites for hydroxylation is 2. The van der Waals surface area contributed by atoms with Crippen molar-refractivity contribution in [1.82, 2.24) is 19.9 Å². The van der Waals surface area contributed by atoms with Crippen LogP contribution >= 0.6 is 0 Å². The second-order valence-electron chi connectivity index (χ2n) is 7.89. The highest BCUT2D eigenvalue weighted by Crippen LogP contribution is 2.33. The summed E-state index contributed by atoms with van der Waals surface area (Å²) in [5.41, 5.74) is 6.39. The lowest BCUT2D eigenvalue weighted by Gasteiger charge is -2.11. The Morgan fingerprint density at radius 2 is 1.82 bits per heavy atom. The summed E-state index contributed by atoms with van der Waals surface area (Å²) in [5.74, 6) is 1.42. The molecule has 0 aliphatic carbocycles. The molecule has 33 heavy (non-hydrogen) atoms. The smallest absolute Gasteiger partial charge is 0.220 e. The lowest BCUT2D eigenvalue weighted by atomic mass is 10.1. The predicted octanol–water partition coefficient (Wildman–Crippen LogP) is 4.28. The number of amides is 1. The first kappa shape index (κ1) is 22.3. The molecule has 2 aromatic heterocycles. The molecule has 7 heteroatoms. The summed E-state index contributed by atoms with van der Waals surface area (Å²) in [6.07, 6.45) is 0.990. The van der Waals surface area contributed by atoms with Crippen LogP contribution in [0.2, 0.25) is 0 Å². The van der Waals surface area contributed by atoms with Gasteiger partial charge in [-0.25, -0.2) is 9.50 Å². The van der Waals surface area contributed by atoms with E-state index in [-0.39, 0.29) is 5.91 Å². The first-order valence-electron chi connectivity index (χ1n) is 10.9. The van der Waals surface area contributed by atoms with Gasteiger partial charge in [-0.2, -0.15) is 5.10 Å². The summed E-state index contributed by atoms with van der Waals surface area (Å²) in [7, 11) is 3.25. The monoisotopic (exact) mass is 444 g/mol. The van der Waals surface area contributed by atoms with Gasteiger partial charge in [0.2, 0.25) is 5.91 Å². The third kappa shape index (κ3) is 4.82. The van der Waals surface area contributed by atoms with Gasteiger partial charge in [0, 0.05) is 42.0 Å². The van der Waals surface area contributed by atoms with Crippen molar-refractivity contribution in [2.45, 2.75) is 33.2 Å². The van der Waals surface area contributed by atoms with Gasteiger partial charge in [0.1, 0.15) is 11.5 Å². The summed E-state index contributed by atoms with van der Waals surface area (Å²) in [5, 5.41) is 7.77. The number of rotatable bonds is 8. The Hall–Kier alpha value is -3.87. The van der Waals surface area contributed by atoms with Gasteiger partial charge in [-0.05, 0) is 43.5 Å². The predicted molar refractivity (Wildman–Crippen MR) is 128 cm³/mol. The van der Waals surface area contributed by atoms with Crippen molar-refractivity contribution in [3.8, 4) is 22.8 Å². The van der Waals surface area contributed by atoms with Crippen LogP contribution in [0.4, 0.5) is 0 Å². The molecular weight excluding hydrogens is 416 g/mol. The topological polar surface area (TPSA) is 77.8 Å². The molecule has 0 spiro atoms. The van der Waals surface area contributed by atoms with Crippen molar-refractivity contribution in [1.29, 1.82) is 0 Å². The van der Waals surface area contributed by atoms with Crippen LogP contribution in [0.25, 0.3) is 16.9 Å². The second kappa shape index (κ2) is 9.73. The minimum absolute atomic E-state index is 0.0156. The Kier molecular flexibility index (Phi) is 6.58. The number of benzene rings is 2. The van der Waals surface area contributed by atoms with Gasteiger partial charge in [-0.15, -0.1) is 0 Å². The van der Waals surface area contributed by atoms with E-state index in [0.29, 0.717) is 25.1 Å². The maximum Gasteiger partial charge on any atom is 0.220 e. The van der Waals surface area contributed by atoms with E-state index >= 15 is 0 Å². The lowest BCUT2D eigenvalue weighted by molar-refractivity contribution is -0.121. The molecule has 1 amide bonds. The molecule has 0 unspecified atom stereocenters. The summed E-state index contributed by atoms with van der Waals surface area (Å²) in [6.45, 7) is 4.52. The minimum atomic E-state index is 0.0156. The first-order chi connectivity index (χ1) is 16.0. The van der Waals surface area contributed by atoms with E-state index in [4.69, 9.17) is 19.6 Å². The summed E-state index contributed by atoms with van der Waals surface area (Å²) in [6, 6.07) is 17.5. The summed E-state index contributed by atoms with van der Waals surface area (Å²) < 4.78 is 12.7. The van der Waals surface area contributed by atoms with Crippen molar-refractivity contribution in [2.75, 3.05) is 14.2 Å². The molecule has 1 N–H and O–H groups in total. The van der Waals surface area contributed by atoms with Crippen LogP contribution in [-0.4, -0.2) is 34.7 Å². The van der Waals surface area contributed by atoms with E-state index in [9.17, 15) is 4.79 Å². The largest absolute Gasteiger partial charge is 0.497 e. The van der Waals surface area contributed by atoms with E-state index in [1.165, 1.54) is 0 Å². The van der Waals surface area contributed by atoms with E-state index in [1.54, 1.807) is 14.2 Å². The molecule has 0 atom stereocenters. The highest BCUT2D eigenvalue weighted by Gasteiger charge is 2.16. The van der Waals surface area contributed by atoms with Gasteiger partial charge in [0.05, 0.1) is 19.9 Å². The molecule has 0 saturated carbocycles. The summed E-state index contributed by atoms with van der Waals surface area (Å²) >= 11 is 0. The molecule has 0 saturated heterocycles. The third-order valence-electron chi connectivity index (χ3n) is 5.78. The number of carbonyl (C=O) groups excluding carboxylic acids is 1. The number of aromatic nitrogens is 3. The molecule has 170 valence electrons. The molecule has 4 aromatic rings. The van der Waals surface area contributed by atoms with Gasteiger partial charge in [0.15, 0.2) is 5.65 Å². The van der Waals surface area contributed by atoms with Crippen molar-refractivity contribution < 1.29 is 14.3 Å². The molecule has 4 rings (SSSR count). The highest BCUT2D eigenvalue weighted by molar-refractivity contribution is 5.76. The molecule has 0 bridgehead atoms. The zero-order valence-corrected chi connectivity index (χ0v) is 19.4. The quantitative estimate of drug-likeness (QED) is 0.439. The van der Waals surface area contributed by atoms with Crippen LogP contribution in [0.15, 0.2) is 54.6 Å². The number of methoxy groups -OCH3 is 2. The minimum Gasteiger partial charge on any atom is -0.497 e. The number of ether oxygens (including phenoxy) is 2. The van der Waals surface area contributed by atoms with E-state index in [1.807, 2.05) is 73.0 Å². The van der Waals surface area contributed by atoms with Gasteiger partial charge in [-0.1, -0.05) is 30.3 Å². The van der Waals surface area contributed by atoms with Gasteiger partial charge < -0.3 is 14.8 Å². The second-order valence-corrected chi connectivity index (χ2v) is 7.89. The van der Waals surface area contributed by atoms with Crippen molar-refractivity contribution >= 4 is 11.6 Å². The number of fused-ring (bicyclic) bond motifs is 1. The van der Waals surface area contributed by atoms with Gasteiger partial charge in [-0.3, -0.25) is 4.79 Å². The Morgan fingerprint density at radius 1 is 1.03 bits per heavy atom. The van der Waals surface area contributed by atoms with Crippen molar-refractivity contribution in [3.05, 3.63) is 77.1 Å². The Morgan fingerprint density at radius 3 is 2.55 bits per heavy atom. The standard InChI is InChI=1S/C26H28N4O3/c1-17-21(12-13-26(31)27-16-19-8-6-5-7-9-19)18(2)30-25(28-17)15-23(29-30)22-11-10-20(32-3)14-24(22)33-4/h5-11,14-15H,12-13,16H2,1-4H3,(H,27,31). The Bertz CT molecular complexity index is 1280. The SMILES string of the molecule is COc1ccc(-c2cc3nc(C)c(CCC(=O)NCc4ccccc4)c(C)n3n2)c(OC)c1. The normalized spacial score (nSPS) is 10.9. The van der Waals surface area contributed by atoms with Crippen molar-refractivity contribution in [2.24, 2.45) is 0 Å². The average Bonchev–Trinajstić information content (AvgIpc) is 3.26. The molecule has 2 aromatic carbocycles. The molecular formula is C26H28N4O3. The van der Waals surface area contributed by atoms with Crippen LogP contribution in [0.3, 0.4) is 0 Å². The van der Waals surface area contributed by atoms with E-state index in [2.05, 4.69) is 5.32 Å². The van der Waals surface area contributed by atoms with Crippen LogP contribution in [0.1, 0.15) is 28.9 Å². The van der Waals surface area contributed by atoms with Gasteiger partial charge in [0.25, 0.3) is 0 Å². The van der Waals surface area contributed by atoms with Crippen LogP contribution in [0.5, 0.6) is 11.5 Å². The summed E-state index contributed by atoms with van der Waals surface area (Å²) in [4.78, 5) is 17.2. The highest BCUT2D eigenvalue weighted by atomic mass is 16.5. The fourth-order valence-corrected chi connectivity index (χ4v) is 3.95. The maximum absolute atomic E-state index is 12.4. The fourth-order valence-electron chi connectivity index (χ4n) is 3.95. The van der Waals surface area contributed by atoms with Crippen LogP contribution in [-0.2, 0) is 17.8 Å². The number of hydrogen-bond acceptors (Lipinski definition) is 5. The molecule has 0 aliphatic rings. The Labute approximate surface area is 193 Å². The maximum atomic E-state index is 12.4. The molecule has 7 nitrogen and oxygen atoms in total. The third-order valence-corrected chi connectivity index (χ3v) is 5.78. The zero-order chi connectivity index (χ0) is 23.4.